The Hall–Kier alpha value is -3.69. The maximum Gasteiger partial charge on any atom is 0.416 e. The van der Waals surface area contributed by atoms with E-state index in [2.05, 4.69) is 0 Å². The van der Waals surface area contributed by atoms with Gasteiger partial charge in [0.2, 0.25) is 5.91 Å². The number of benzene rings is 2. The second-order valence-electron chi connectivity index (χ2n) is 7.46. The molecule has 1 unspecified atom stereocenters. The summed E-state index contributed by atoms with van der Waals surface area (Å²) in [5, 5.41) is 10.9. The Morgan fingerprint density at radius 2 is 1.82 bits per heavy atom. The predicted molar refractivity (Wildman–Crippen MR) is 112 cm³/mol. The van der Waals surface area contributed by atoms with Crippen molar-refractivity contribution in [3.63, 3.8) is 0 Å². The number of ether oxygens (including phenoxy) is 1. The molecule has 0 radical (unpaired) electrons. The summed E-state index contributed by atoms with van der Waals surface area (Å²) in [4.78, 5) is 37.4. The minimum atomic E-state index is -4.66. The molecule has 1 amide bonds. The van der Waals surface area contributed by atoms with Gasteiger partial charge < -0.3 is 9.64 Å². The van der Waals surface area contributed by atoms with Gasteiger partial charge >= 0.3 is 12.1 Å². The SMILES string of the molecule is CCOC(=O)C1=C(C)N(Cc2ccc([N+](=O)[O-])cc2)C(=O)CC1c1ccccc1C(F)(F)F. The lowest BCUT2D eigenvalue weighted by molar-refractivity contribution is -0.384. The third kappa shape index (κ3) is 5.05. The quantitative estimate of drug-likeness (QED) is 0.344. The topological polar surface area (TPSA) is 89.8 Å². The van der Waals surface area contributed by atoms with Gasteiger partial charge in [0.25, 0.3) is 5.69 Å². The first-order chi connectivity index (χ1) is 15.5. The highest BCUT2D eigenvalue weighted by Gasteiger charge is 2.41. The highest BCUT2D eigenvalue weighted by atomic mass is 19.4. The Balaban J connectivity index is 2.07. The van der Waals surface area contributed by atoms with Gasteiger partial charge in [-0.25, -0.2) is 4.79 Å². The molecule has 0 N–H and O–H groups in total. The van der Waals surface area contributed by atoms with Crippen LogP contribution in [0.3, 0.4) is 0 Å². The standard InChI is InChI=1S/C23H21F3N2O5/c1-3-33-22(30)21-14(2)27(13-15-8-10-16(11-9-15)28(31)32)20(29)12-18(21)17-6-4-5-7-19(17)23(24,25)26/h4-11,18H,3,12-13H2,1-2H3. The third-order valence-electron chi connectivity index (χ3n) is 5.45. The summed E-state index contributed by atoms with van der Waals surface area (Å²) in [5.74, 6) is -2.39. The molecule has 0 saturated heterocycles. The predicted octanol–water partition coefficient (Wildman–Crippen LogP) is 4.97. The van der Waals surface area contributed by atoms with Gasteiger partial charge in [0.1, 0.15) is 0 Å². The van der Waals surface area contributed by atoms with Crippen LogP contribution in [-0.4, -0.2) is 28.3 Å². The summed E-state index contributed by atoms with van der Waals surface area (Å²) >= 11 is 0. The molecule has 10 heteroatoms. The van der Waals surface area contributed by atoms with Crippen molar-refractivity contribution in [2.75, 3.05) is 6.61 Å². The second kappa shape index (κ2) is 9.43. The van der Waals surface area contributed by atoms with Crippen LogP contribution in [0.1, 0.15) is 42.9 Å². The fraction of sp³-hybridized carbons (Fsp3) is 0.304. The average Bonchev–Trinajstić information content (AvgIpc) is 2.76. The molecule has 0 saturated carbocycles. The van der Waals surface area contributed by atoms with E-state index in [-0.39, 0.29) is 42.1 Å². The molecule has 1 aliphatic rings. The lowest BCUT2D eigenvalue weighted by Gasteiger charge is -2.35. The number of carbonyl (C=O) groups excluding carboxylic acids is 2. The number of amides is 1. The highest BCUT2D eigenvalue weighted by molar-refractivity contribution is 5.96. The molecular formula is C23H21F3N2O5. The van der Waals surface area contributed by atoms with Crippen molar-refractivity contribution in [3.05, 3.63) is 86.6 Å². The molecule has 0 aromatic heterocycles. The van der Waals surface area contributed by atoms with Crippen LogP contribution in [0.25, 0.3) is 0 Å². The van der Waals surface area contributed by atoms with Gasteiger partial charge in [-0.1, -0.05) is 30.3 Å². The molecule has 174 valence electrons. The molecule has 0 bridgehead atoms. The van der Waals surface area contributed by atoms with Gasteiger partial charge in [0.15, 0.2) is 0 Å². The zero-order valence-corrected chi connectivity index (χ0v) is 17.9. The Morgan fingerprint density at radius 1 is 1.18 bits per heavy atom. The molecule has 7 nitrogen and oxygen atoms in total. The lowest BCUT2D eigenvalue weighted by Crippen LogP contribution is -2.38. The number of esters is 1. The lowest BCUT2D eigenvalue weighted by atomic mass is 9.81. The normalized spacial score (nSPS) is 16.7. The number of carbonyl (C=O) groups is 2. The van der Waals surface area contributed by atoms with E-state index in [0.717, 1.165) is 6.07 Å². The number of alkyl halides is 3. The van der Waals surface area contributed by atoms with E-state index in [0.29, 0.717) is 5.56 Å². The van der Waals surface area contributed by atoms with E-state index < -0.39 is 34.5 Å². The summed E-state index contributed by atoms with van der Waals surface area (Å²) in [6, 6.07) is 10.4. The first-order valence-corrected chi connectivity index (χ1v) is 10.1. The Labute approximate surface area is 187 Å². The summed E-state index contributed by atoms with van der Waals surface area (Å²) in [6.45, 7) is 3.08. The van der Waals surface area contributed by atoms with Gasteiger partial charge in [-0.3, -0.25) is 14.9 Å². The van der Waals surface area contributed by atoms with Crippen molar-refractivity contribution < 1.29 is 32.4 Å². The van der Waals surface area contributed by atoms with Crippen molar-refractivity contribution in [3.8, 4) is 0 Å². The van der Waals surface area contributed by atoms with Crippen molar-refractivity contribution in [1.82, 2.24) is 4.90 Å². The molecule has 0 aliphatic carbocycles. The molecule has 2 aromatic rings. The number of rotatable bonds is 6. The molecule has 1 heterocycles. The van der Waals surface area contributed by atoms with E-state index >= 15 is 0 Å². The number of non-ortho nitro benzene ring substituents is 1. The van der Waals surface area contributed by atoms with E-state index in [9.17, 15) is 32.9 Å². The third-order valence-corrected chi connectivity index (χ3v) is 5.45. The Bertz CT molecular complexity index is 1110. The van der Waals surface area contributed by atoms with Gasteiger partial charge in [-0.2, -0.15) is 13.2 Å². The van der Waals surface area contributed by atoms with Gasteiger partial charge in [0.05, 0.1) is 29.2 Å². The van der Waals surface area contributed by atoms with Crippen molar-refractivity contribution in [2.24, 2.45) is 0 Å². The molecule has 1 atom stereocenters. The Morgan fingerprint density at radius 3 is 2.39 bits per heavy atom. The summed E-state index contributed by atoms with van der Waals surface area (Å²) < 4.78 is 46.1. The molecule has 33 heavy (non-hydrogen) atoms. The number of nitrogens with zero attached hydrogens (tertiary/aromatic N) is 2. The van der Waals surface area contributed by atoms with Crippen LogP contribution in [0.15, 0.2) is 59.8 Å². The molecule has 1 aliphatic heterocycles. The minimum absolute atomic E-state index is 0.000790. The van der Waals surface area contributed by atoms with Crippen molar-refractivity contribution >= 4 is 17.6 Å². The summed E-state index contributed by atoms with van der Waals surface area (Å²) in [7, 11) is 0. The minimum Gasteiger partial charge on any atom is -0.463 e. The van der Waals surface area contributed by atoms with Crippen LogP contribution in [0.5, 0.6) is 0 Å². The van der Waals surface area contributed by atoms with E-state index in [1.165, 1.54) is 54.3 Å². The molecule has 0 spiro atoms. The zero-order chi connectivity index (χ0) is 24.3. The maximum absolute atomic E-state index is 13.7. The first kappa shape index (κ1) is 24.0. The average molecular weight is 462 g/mol. The number of hydrogen-bond donors (Lipinski definition) is 0. The van der Waals surface area contributed by atoms with Crippen molar-refractivity contribution in [1.29, 1.82) is 0 Å². The van der Waals surface area contributed by atoms with Gasteiger partial charge in [-0.05, 0) is 31.0 Å². The van der Waals surface area contributed by atoms with Gasteiger partial charge in [-0.15, -0.1) is 0 Å². The number of halogens is 3. The van der Waals surface area contributed by atoms with Crippen LogP contribution in [0, 0.1) is 10.1 Å². The smallest absolute Gasteiger partial charge is 0.416 e. The number of hydrogen-bond acceptors (Lipinski definition) is 5. The fourth-order valence-corrected chi connectivity index (χ4v) is 3.91. The van der Waals surface area contributed by atoms with E-state index in [4.69, 9.17) is 4.74 Å². The second-order valence-corrected chi connectivity index (χ2v) is 7.46. The van der Waals surface area contributed by atoms with E-state index in [1.54, 1.807) is 6.92 Å². The summed E-state index contributed by atoms with van der Waals surface area (Å²) in [5.41, 5.74) is -0.477. The molecular weight excluding hydrogens is 441 g/mol. The highest BCUT2D eigenvalue weighted by Crippen LogP contribution is 2.43. The Kier molecular flexibility index (Phi) is 6.85. The van der Waals surface area contributed by atoms with Crippen LogP contribution in [0.2, 0.25) is 0 Å². The maximum atomic E-state index is 13.7. The molecule has 3 rings (SSSR count). The number of nitro groups is 1. The van der Waals surface area contributed by atoms with Crippen LogP contribution in [-0.2, 0) is 27.0 Å². The van der Waals surface area contributed by atoms with Crippen LogP contribution < -0.4 is 0 Å². The molecule has 2 aromatic carbocycles. The monoisotopic (exact) mass is 462 g/mol. The van der Waals surface area contributed by atoms with Crippen LogP contribution in [0.4, 0.5) is 18.9 Å². The van der Waals surface area contributed by atoms with E-state index in [1.807, 2.05) is 0 Å². The fourth-order valence-electron chi connectivity index (χ4n) is 3.91. The first-order valence-electron chi connectivity index (χ1n) is 10.1. The number of nitro benzene ring substituents is 1. The number of allylic oxidation sites excluding steroid dienone is 1. The van der Waals surface area contributed by atoms with Crippen LogP contribution >= 0.6 is 0 Å². The zero-order valence-electron chi connectivity index (χ0n) is 17.9. The van der Waals surface area contributed by atoms with Gasteiger partial charge in [0, 0.05) is 30.2 Å². The summed E-state index contributed by atoms with van der Waals surface area (Å²) in [6.07, 6.45) is -5.02. The molecule has 0 fully saturated rings. The van der Waals surface area contributed by atoms with Crippen molar-refractivity contribution in [2.45, 2.75) is 38.9 Å². The largest absolute Gasteiger partial charge is 0.463 e.